The summed E-state index contributed by atoms with van der Waals surface area (Å²) in [4.78, 5) is 11.7. The van der Waals surface area contributed by atoms with Crippen LogP contribution in [0.2, 0.25) is 0 Å². The average Bonchev–Trinajstić information content (AvgIpc) is 3.09. The standard InChI is InChI=1S/C14H19NO3/c1-2-18-13-9-11(13)15-14(17)12(16)8-10-6-4-3-5-7-10/h3-7,11-13,16H,2,8-9H2,1H3,(H,15,17)/t11?,12-,13?/m0/s1. The minimum Gasteiger partial charge on any atom is -0.383 e. The molecule has 4 heteroatoms. The van der Waals surface area contributed by atoms with Crippen molar-refractivity contribution in [3.63, 3.8) is 0 Å². The molecule has 1 fully saturated rings. The van der Waals surface area contributed by atoms with Crippen molar-refractivity contribution in [3.05, 3.63) is 35.9 Å². The first-order valence-corrected chi connectivity index (χ1v) is 6.34. The maximum absolute atomic E-state index is 11.7. The molecule has 0 spiro atoms. The van der Waals surface area contributed by atoms with E-state index < -0.39 is 6.10 Å². The molecule has 1 aliphatic carbocycles. The van der Waals surface area contributed by atoms with Crippen LogP contribution in [0.4, 0.5) is 0 Å². The van der Waals surface area contributed by atoms with Crippen LogP contribution in [0.5, 0.6) is 0 Å². The maximum atomic E-state index is 11.7. The van der Waals surface area contributed by atoms with Crippen LogP contribution in [-0.4, -0.2) is 35.9 Å². The summed E-state index contributed by atoms with van der Waals surface area (Å²) in [5.41, 5.74) is 0.956. The Hall–Kier alpha value is -1.39. The highest BCUT2D eigenvalue weighted by Gasteiger charge is 2.39. The Bertz CT molecular complexity index is 393. The van der Waals surface area contributed by atoms with Gasteiger partial charge in [-0.2, -0.15) is 0 Å². The molecular weight excluding hydrogens is 230 g/mol. The van der Waals surface area contributed by atoms with Crippen LogP contribution in [0.1, 0.15) is 18.9 Å². The Morgan fingerprint density at radius 3 is 2.89 bits per heavy atom. The SMILES string of the molecule is CCOC1CC1NC(=O)[C@@H](O)Cc1ccccc1. The van der Waals surface area contributed by atoms with Crippen LogP contribution in [0.3, 0.4) is 0 Å². The first-order valence-electron chi connectivity index (χ1n) is 6.34. The summed E-state index contributed by atoms with van der Waals surface area (Å²) in [6.45, 7) is 2.59. The van der Waals surface area contributed by atoms with Crippen LogP contribution >= 0.6 is 0 Å². The smallest absolute Gasteiger partial charge is 0.249 e. The van der Waals surface area contributed by atoms with Crippen LogP contribution < -0.4 is 5.32 Å². The first kappa shape index (κ1) is 13.1. The molecule has 0 radical (unpaired) electrons. The normalized spacial score (nSPS) is 23.4. The summed E-state index contributed by atoms with van der Waals surface area (Å²) < 4.78 is 5.37. The predicted molar refractivity (Wildman–Crippen MR) is 68.1 cm³/mol. The van der Waals surface area contributed by atoms with E-state index in [1.807, 2.05) is 37.3 Å². The van der Waals surface area contributed by atoms with Gasteiger partial charge in [-0.05, 0) is 18.9 Å². The molecule has 2 rings (SSSR count). The number of aliphatic hydroxyl groups is 1. The number of hydrogen-bond acceptors (Lipinski definition) is 3. The third-order valence-electron chi connectivity index (χ3n) is 3.01. The number of carbonyl (C=O) groups excluding carboxylic acids is 1. The van der Waals surface area contributed by atoms with Crippen LogP contribution in [0.25, 0.3) is 0 Å². The predicted octanol–water partition coefficient (Wildman–Crippen LogP) is 0.884. The van der Waals surface area contributed by atoms with Gasteiger partial charge in [0.15, 0.2) is 0 Å². The van der Waals surface area contributed by atoms with Crippen molar-refractivity contribution in [2.24, 2.45) is 0 Å². The second kappa shape index (κ2) is 5.98. The lowest BCUT2D eigenvalue weighted by atomic mass is 10.1. The van der Waals surface area contributed by atoms with Gasteiger partial charge in [-0.1, -0.05) is 30.3 Å². The molecule has 18 heavy (non-hydrogen) atoms. The Morgan fingerprint density at radius 2 is 2.22 bits per heavy atom. The van der Waals surface area contributed by atoms with Crippen molar-refractivity contribution in [1.29, 1.82) is 0 Å². The van der Waals surface area contributed by atoms with E-state index in [9.17, 15) is 9.90 Å². The van der Waals surface area contributed by atoms with Gasteiger partial charge in [-0.25, -0.2) is 0 Å². The van der Waals surface area contributed by atoms with E-state index in [-0.39, 0.29) is 18.1 Å². The minimum atomic E-state index is -0.990. The summed E-state index contributed by atoms with van der Waals surface area (Å²) >= 11 is 0. The Kier molecular flexibility index (Phi) is 4.33. The summed E-state index contributed by atoms with van der Waals surface area (Å²) in [7, 11) is 0. The average molecular weight is 249 g/mol. The lowest BCUT2D eigenvalue weighted by Gasteiger charge is -2.11. The molecule has 0 saturated heterocycles. The number of benzene rings is 1. The van der Waals surface area contributed by atoms with Gasteiger partial charge in [-0.3, -0.25) is 4.79 Å². The van der Waals surface area contributed by atoms with Gasteiger partial charge in [0.1, 0.15) is 6.10 Å². The van der Waals surface area contributed by atoms with Crippen molar-refractivity contribution < 1.29 is 14.6 Å². The zero-order chi connectivity index (χ0) is 13.0. The number of aliphatic hydroxyl groups excluding tert-OH is 1. The van der Waals surface area contributed by atoms with E-state index in [2.05, 4.69) is 5.32 Å². The molecule has 0 aliphatic heterocycles. The van der Waals surface area contributed by atoms with Crippen molar-refractivity contribution in [2.75, 3.05) is 6.61 Å². The van der Waals surface area contributed by atoms with Crippen molar-refractivity contribution in [3.8, 4) is 0 Å². The van der Waals surface area contributed by atoms with Gasteiger partial charge in [0.2, 0.25) is 5.91 Å². The number of nitrogens with one attached hydrogen (secondary N) is 1. The van der Waals surface area contributed by atoms with E-state index >= 15 is 0 Å². The van der Waals surface area contributed by atoms with Crippen molar-refractivity contribution >= 4 is 5.91 Å². The molecule has 4 nitrogen and oxygen atoms in total. The Morgan fingerprint density at radius 1 is 1.50 bits per heavy atom. The molecule has 3 atom stereocenters. The highest BCUT2D eigenvalue weighted by atomic mass is 16.5. The van der Waals surface area contributed by atoms with Crippen LogP contribution in [-0.2, 0) is 16.0 Å². The molecule has 0 aromatic heterocycles. The second-order valence-electron chi connectivity index (χ2n) is 4.55. The molecule has 98 valence electrons. The molecule has 1 amide bonds. The summed E-state index contributed by atoms with van der Waals surface area (Å²) in [5, 5.41) is 12.6. The maximum Gasteiger partial charge on any atom is 0.249 e. The molecule has 2 unspecified atom stereocenters. The number of rotatable bonds is 6. The second-order valence-corrected chi connectivity index (χ2v) is 4.55. The molecule has 0 bridgehead atoms. The van der Waals surface area contributed by atoms with Gasteiger partial charge in [0.25, 0.3) is 0 Å². The molecule has 1 aromatic carbocycles. The highest BCUT2D eigenvalue weighted by Crippen LogP contribution is 2.25. The Balaban J connectivity index is 1.76. The molecular formula is C14H19NO3. The summed E-state index contributed by atoms with van der Waals surface area (Å²) in [6, 6.07) is 9.57. The molecule has 1 aliphatic rings. The minimum absolute atomic E-state index is 0.0721. The zero-order valence-corrected chi connectivity index (χ0v) is 10.5. The number of carbonyl (C=O) groups is 1. The van der Waals surface area contributed by atoms with Crippen LogP contribution in [0, 0.1) is 0 Å². The van der Waals surface area contributed by atoms with E-state index in [1.54, 1.807) is 0 Å². The fraction of sp³-hybridized carbons (Fsp3) is 0.500. The quantitative estimate of drug-likeness (QED) is 0.787. The summed E-state index contributed by atoms with van der Waals surface area (Å²) in [6.07, 6.45) is 0.328. The van der Waals surface area contributed by atoms with Crippen LogP contribution in [0.15, 0.2) is 30.3 Å². The third kappa shape index (κ3) is 3.55. The van der Waals surface area contributed by atoms with E-state index in [4.69, 9.17) is 4.74 Å². The zero-order valence-electron chi connectivity index (χ0n) is 10.5. The van der Waals surface area contributed by atoms with Gasteiger partial charge in [-0.15, -0.1) is 0 Å². The fourth-order valence-electron chi connectivity index (χ4n) is 1.93. The molecule has 0 heterocycles. The highest BCUT2D eigenvalue weighted by molar-refractivity contribution is 5.81. The van der Waals surface area contributed by atoms with Gasteiger partial charge >= 0.3 is 0 Å². The third-order valence-corrected chi connectivity index (χ3v) is 3.01. The number of hydrogen-bond donors (Lipinski definition) is 2. The number of ether oxygens (including phenoxy) is 1. The lowest BCUT2D eigenvalue weighted by Crippen LogP contribution is -2.38. The van der Waals surface area contributed by atoms with Gasteiger partial charge < -0.3 is 15.2 Å². The van der Waals surface area contributed by atoms with E-state index in [1.165, 1.54) is 0 Å². The number of amides is 1. The molecule has 1 saturated carbocycles. The van der Waals surface area contributed by atoms with Gasteiger partial charge in [0.05, 0.1) is 12.1 Å². The monoisotopic (exact) mass is 249 g/mol. The largest absolute Gasteiger partial charge is 0.383 e. The van der Waals surface area contributed by atoms with Gasteiger partial charge in [0, 0.05) is 13.0 Å². The first-order chi connectivity index (χ1) is 8.70. The molecule has 1 aromatic rings. The fourth-order valence-corrected chi connectivity index (χ4v) is 1.93. The molecule has 2 N–H and O–H groups in total. The topological polar surface area (TPSA) is 58.6 Å². The summed E-state index contributed by atoms with van der Waals surface area (Å²) in [5.74, 6) is -0.314. The van der Waals surface area contributed by atoms with E-state index in [0.717, 1.165) is 12.0 Å². The lowest BCUT2D eigenvalue weighted by molar-refractivity contribution is -0.129. The van der Waals surface area contributed by atoms with Crippen molar-refractivity contribution in [1.82, 2.24) is 5.32 Å². The Labute approximate surface area is 107 Å². The van der Waals surface area contributed by atoms with E-state index in [0.29, 0.717) is 13.0 Å². The van der Waals surface area contributed by atoms with Crippen molar-refractivity contribution in [2.45, 2.75) is 38.0 Å².